The van der Waals surface area contributed by atoms with Crippen LogP contribution >= 0.6 is 0 Å². The summed E-state index contributed by atoms with van der Waals surface area (Å²) < 4.78 is 5.47. The Bertz CT molecular complexity index is 753. The average molecular weight is 341 g/mol. The summed E-state index contributed by atoms with van der Waals surface area (Å²) in [5, 5.41) is 2.95. The van der Waals surface area contributed by atoms with Crippen molar-refractivity contribution in [2.75, 3.05) is 17.3 Å². The number of urea groups is 1. The zero-order valence-corrected chi connectivity index (χ0v) is 14.7. The van der Waals surface area contributed by atoms with Crippen LogP contribution in [0.2, 0.25) is 0 Å². The molecular formula is C19H23N3O3. The van der Waals surface area contributed by atoms with Gasteiger partial charge in [-0.05, 0) is 50.1 Å². The predicted octanol–water partition coefficient (Wildman–Crippen LogP) is 4.02. The van der Waals surface area contributed by atoms with Crippen molar-refractivity contribution in [2.24, 2.45) is 0 Å². The van der Waals surface area contributed by atoms with Gasteiger partial charge in [0.25, 0.3) is 0 Å². The number of rotatable bonds is 5. The van der Waals surface area contributed by atoms with Gasteiger partial charge in [-0.25, -0.2) is 4.79 Å². The van der Waals surface area contributed by atoms with Gasteiger partial charge < -0.3 is 19.5 Å². The van der Waals surface area contributed by atoms with Gasteiger partial charge in [-0.2, -0.15) is 0 Å². The van der Waals surface area contributed by atoms with E-state index in [1.807, 2.05) is 42.2 Å². The SMILES string of the molecule is CC(=O)N(C)c1cccc(NC(=O)N(C2CC2)C(C)c2ccco2)c1. The first-order valence-electron chi connectivity index (χ1n) is 8.44. The quantitative estimate of drug-likeness (QED) is 0.893. The molecule has 1 aromatic carbocycles. The monoisotopic (exact) mass is 341 g/mol. The van der Waals surface area contributed by atoms with Crippen molar-refractivity contribution in [2.45, 2.75) is 38.8 Å². The third-order valence-corrected chi connectivity index (χ3v) is 4.50. The molecule has 1 aliphatic rings. The van der Waals surface area contributed by atoms with Gasteiger partial charge in [0.05, 0.1) is 12.3 Å². The molecule has 2 aromatic rings. The number of nitrogens with zero attached hydrogens (tertiary/aromatic N) is 2. The minimum atomic E-state index is -0.158. The van der Waals surface area contributed by atoms with Crippen molar-refractivity contribution in [3.63, 3.8) is 0 Å². The molecule has 25 heavy (non-hydrogen) atoms. The number of carbonyl (C=O) groups excluding carboxylic acids is 2. The summed E-state index contributed by atoms with van der Waals surface area (Å²) in [7, 11) is 1.71. The maximum absolute atomic E-state index is 12.8. The van der Waals surface area contributed by atoms with Crippen molar-refractivity contribution in [1.82, 2.24) is 4.90 Å². The van der Waals surface area contributed by atoms with Gasteiger partial charge in [0.2, 0.25) is 5.91 Å². The van der Waals surface area contributed by atoms with Crippen LogP contribution in [0.25, 0.3) is 0 Å². The lowest BCUT2D eigenvalue weighted by Gasteiger charge is -2.28. The van der Waals surface area contributed by atoms with Crippen LogP contribution < -0.4 is 10.2 Å². The summed E-state index contributed by atoms with van der Waals surface area (Å²) >= 11 is 0. The Kier molecular flexibility index (Phi) is 4.79. The lowest BCUT2D eigenvalue weighted by Crippen LogP contribution is -2.38. The van der Waals surface area contributed by atoms with Gasteiger partial charge in [0, 0.05) is 31.4 Å². The highest BCUT2D eigenvalue weighted by molar-refractivity contribution is 5.94. The summed E-state index contributed by atoms with van der Waals surface area (Å²) in [6, 6.07) is 10.9. The molecule has 1 aliphatic carbocycles. The first-order valence-corrected chi connectivity index (χ1v) is 8.44. The second kappa shape index (κ2) is 7.01. The number of benzene rings is 1. The highest BCUT2D eigenvalue weighted by atomic mass is 16.3. The van der Waals surface area contributed by atoms with Crippen LogP contribution in [-0.2, 0) is 4.79 Å². The van der Waals surface area contributed by atoms with Crippen LogP contribution in [0.15, 0.2) is 47.1 Å². The van der Waals surface area contributed by atoms with E-state index in [0.717, 1.165) is 24.3 Å². The molecule has 0 aliphatic heterocycles. The highest BCUT2D eigenvalue weighted by Gasteiger charge is 2.37. The predicted molar refractivity (Wildman–Crippen MR) is 96.5 cm³/mol. The van der Waals surface area contributed by atoms with E-state index in [1.165, 1.54) is 6.92 Å². The molecule has 6 nitrogen and oxygen atoms in total. The third-order valence-electron chi connectivity index (χ3n) is 4.50. The number of nitrogens with one attached hydrogen (secondary N) is 1. The van der Waals surface area contributed by atoms with Crippen molar-refractivity contribution in [1.29, 1.82) is 0 Å². The molecule has 0 saturated heterocycles. The van der Waals surface area contributed by atoms with E-state index in [1.54, 1.807) is 24.3 Å². The summed E-state index contributed by atoms with van der Waals surface area (Å²) in [6.45, 7) is 3.47. The van der Waals surface area contributed by atoms with Gasteiger partial charge in [-0.3, -0.25) is 4.79 Å². The number of furan rings is 1. The molecule has 1 aromatic heterocycles. The number of hydrogen-bond acceptors (Lipinski definition) is 3. The minimum Gasteiger partial charge on any atom is -0.467 e. The van der Waals surface area contributed by atoms with Crippen LogP contribution in [-0.4, -0.2) is 29.9 Å². The number of anilines is 2. The molecular weight excluding hydrogens is 318 g/mol. The zero-order valence-electron chi connectivity index (χ0n) is 14.7. The molecule has 1 N–H and O–H groups in total. The van der Waals surface area contributed by atoms with Crippen molar-refractivity contribution in [3.8, 4) is 0 Å². The van der Waals surface area contributed by atoms with Gasteiger partial charge >= 0.3 is 6.03 Å². The molecule has 0 bridgehead atoms. The largest absolute Gasteiger partial charge is 0.467 e. The topological polar surface area (TPSA) is 65.8 Å². The normalized spacial score (nSPS) is 14.7. The molecule has 3 amide bonds. The van der Waals surface area contributed by atoms with Gasteiger partial charge in [-0.15, -0.1) is 0 Å². The maximum atomic E-state index is 12.8. The number of amides is 3. The molecule has 1 unspecified atom stereocenters. The van der Waals surface area contributed by atoms with Gasteiger partial charge in [0.15, 0.2) is 0 Å². The summed E-state index contributed by atoms with van der Waals surface area (Å²) in [5.74, 6) is 0.710. The zero-order chi connectivity index (χ0) is 18.0. The van der Waals surface area contributed by atoms with Crippen LogP contribution in [0.4, 0.5) is 16.2 Å². The van der Waals surface area contributed by atoms with E-state index in [2.05, 4.69) is 5.32 Å². The van der Waals surface area contributed by atoms with Crippen LogP contribution in [0, 0.1) is 0 Å². The Morgan fingerprint density at radius 2 is 2.00 bits per heavy atom. The summed E-state index contributed by atoms with van der Waals surface area (Å²) in [6.07, 6.45) is 3.63. The summed E-state index contributed by atoms with van der Waals surface area (Å²) in [4.78, 5) is 27.7. The Hall–Kier alpha value is -2.76. The van der Waals surface area contributed by atoms with Crippen molar-refractivity contribution >= 4 is 23.3 Å². The van der Waals surface area contributed by atoms with E-state index in [4.69, 9.17) is 4.42 Å². The molecule has 3 rings (SSSR count). The molecule has 1 fully saturated rings. The number of hydrogen-bond donors (Lipinski definition) is 1. The summed E-state index contributed by atoms with van der Waals surface area (Å²) in [5.41, 5.74) is 1.40. The van der Waals surface area contributed by atoms with Crippen LogP contribution in [0.1, 0.15) is 38.5 Å². The van der Waals surface area contributed by atoms with Crippen LogP contribution in [0.3, 0.4) is 0 Å². The third kappa shape index (κ3) is 3.84. The first kappa shape index (κ1) is 17.1. The maximum Gasteiger partial charge on any atom is 0.322 e. The molecule has 1 saturated carbocycles. The van der Waals surface area contributed by atoms with Gasteiger partial charge in [0.1, 0.15) is 5.76 Å². The Morgan fingerprint density at radius 1 is 1.24 bits per heavy atom. The fraction of sp³-hybridized carbons (Fsp3) is 0.368. The smallest absolute Gasteiger partial charge is 0.322 e. The first-order chi connectivity index (χ1) is 12.0. The van der Waals surface area contributed by atoms with E-state index in [-0.39, 0.29) is 24.0 Å². The molecule has 1 heterocycles. The molecule has 1 atom stereocenters. The fourth-order valence-corrected chi connectivity index (χ4v) is 2.84. The Labute approximate surface area is 147 Å². The molecule has 0 spiro atoms. The second-order valence-electron chi connectivity index (χ2n) is 6.39. The van der Waals surface area contributed by atoms with E-state index < -0.39 is 0 Å². The number of carbonyl (C=O) groups is 2. The van der Waals surface area contributed by atoms with Crippen LogP contribution in [0.5, 0.6) is 0 Å². The lowest BCUT2D eigenvalue weighted by molar-refractivity contribution is -0.116. The average Bonchev–Trinajstić information content (AvgIpc) is 3.25. The molecule has 6 heteroatoms. The Balaban J connectivity index is 1.76. The van der Waals surface area contributed by atoms with Crippen molar-refractivity contribution in [3.05, 3.63) is 48.4 Å². The standard InChI is InChI=1S/C19H23N3O3/c1-13(18-8-5-11-25-18)22(16-9-10-16)19(24)20-15-6-4-7-17(12-15)21(3)14(2)23/h4-8,11-13,16H,9-10H2,1-3H3,(H,20,24). The fourth-order valence-electron chi connectivity index (χ4n) is 2.84. The molecule has 0 radical (unpaired) electrons. The second-order valence-corrected chi connectivity index (χ2v) is 6.39. The lowest BCUT2D eigenvalue weighted by atomic mass is 10.2. The highest BCUT2D eigenvalue weighted by Crippen LogP contribution is 2.35. The van der Waals surface area contributed by atoms with E-state index in [9.17, 15) is 9.59 Å². The van der Waals surface area contributed by atoms with E-state index >= 15 is 0 Å². The minimum absolute atomic E-state index is 0.0606. The Morgan fingerprint density at radius 3 is 2.60 bits per heavy atom. The van der Waals surface area contributed by atoms with E-state index in [0.29, 0.717) is 5.69 Å². The molecule has 132 valence electrons. The van der Waals surface area contributed by atoms with Gasteiger partial charge in [-0.1, -0.05) is 6.07 Å². The van der Waals surface area contributed by atoms with Crippen molar-refractivity contribution < 1.29 is 14.0 Å².